The molecular weight excluding hydrogens is 338 g/mol. The maximum Gasteiger partial charge on any atom is 0.331 e. The summed E-state index contributed by atoms with van der Waals surface area (Å²) in [6.07, 6.45) is 0. The van der Waals surface area contributed by atoms with Crippen LogP contribution in [0.3, 0.4) is 0 Å². The minimum atomic E-state index is -0.481. The first-order valence-electron chi connectivity index (χ1n) is 7.75. The van der Waals surface area contributed by atoms with Crippen LogP contribution in [0.25, 0.3) is 0 Å². The van der Waals surface area contributed by atoms with Crippen LogP contribution in [0.4, 0.5) is 11.4 Å². The van der Waals surface area contributed by atoms with E-state index < -0.39 is 11.2 Å². The zero-order valence-corrected chi connectivity index (χ0v) is 14.0. The quantitative estimate of drug-likeness (QED) is 0.552. The molecule has 0 unspecified atom stereocenters. The van der Waals surface area contributed by atoms with Crippen LogP contribution in [0.5, 0.6) is 0 Å². The molecule has 3 aromatic rings. The molecule has 6 nitrogen and oxygen atoms in total. The molecule has 4 rings (SSSR count). The van der Waals surface area contributed by atoms with Crippen LogP contribution in [0, 0.1) is 0 Å². The molecule has 7 heteroatoms. The van der Waals surface area contributed by atoms with Gasteiger partial charge in [-0.05, 0) is 17.7 Å². The van der Waals surface area contributed by atoms with E-state index in [2.05, 4.69) is 10.3 Å². The third-order valence-corrected chi connectivity index (χ3v) is 5.03. The number of fused-ring (bicyclic) bond motifs is 2. The molecular formula is C18H15N3O3S. The van der Waals surface area contributed by atoms with Gasteiger partial charge in [0, 0.05) is 4.90 Å². The van der Waals surface area contributed by atoms with Crippen molar-refractivity contribution in [2.75, 3.05) is 5.32 Å². The Hall–Kier alpha value is -2.77. The predicted molar refractivity (Wildman–Crippen MR) is 96.4 cm³/mol. The van der Waals surface area contributed by atoms with E-state index in [4.69, 9.17) is 4.74 Å². The molecule has 0 atom stereocenters. The Bertz CT molecular complexity index is 1030. The van der Waals surface area contributed by atoms with E-state index in [0.29, 0.717) is 17.3 Å². The molecule has 1 aliphatic heterocycles. The first-order chi connectivity index (χ1) is 12.2. The number of anilines is 2. The Balaban J connectivity index is 1.63. The first-order valence-corrected chi connectivity index (χ1v) is 8.57. The number of aromatic nitrogens is 2. The average Bonchev–Trinajstić information content (AvgIpc) is 2.64. The molecule has 2 heterocycles. The number of hydrogen-bond acceptors (Lipinski definition) is 5. The second kappa shape index (κ2) is 6.62. The molecule has 0 saturated carbocycles. The largest absolute Gasteiger partial charge is 0.356 e. The van der Waals surface area contributed by atoms with Crippen LogP contribution >= 0.6 is 11.8 Å². The lowest BCUT2D eigenvalue weighted by atomic mass is 10.2. The van der Waals surface area contributed by atoms with Crippen molar-refractivity contribution in [1.29, 1.82) is 0 Å². The SMILES string of the molecule is O=c1[nH]c(=O)n(COCc2ccccc2)c2c1Nc1ccccc1S2. The fourth-order valence-corrected chi connectivity index (χ4v) is 3.69. The maximum atomic E-state index is 12.3. The molecule has 0 spiro atoms. The predicted octanol–water partition coefficient (Wildman–Crippen LogP) is 2.92. The fraction of sp³-hybridized carbons (Fsp3) is 0.111. The van der Waals surface area contributed by atoms with Gasteiger partial charge in [-0.25, -0.2) is 4.79 Å². The van der Waals surface area contributed by atoms with E-state index in [1.165, 1.54) is 16.3 Å². The Morgan fingerprint density at radius 1 is 1.00 bits per heavy atom. The number of para-hydroxylation sites is 1. The Morgan fingerprint density at radius 2 is 1.76 bits per heavy atom. The molecule has 2 aromatic carbocycles. The summed E-state index contributed by atoms with van der Waals surface area (Å²) in [7, 11) is 0. The number of nitrogens with zero attached hydrogens (tertiary/aromatic N) is 1. The summed E-state index contributed by atoms with van der Waals surface area (Å²) < 4.78 is 7.12. The molecule has 0 amide bonds. The molecule has 0 saturated heterocycles. The summed E-state index contributed by atoms with van der Waals surface area (Å²) in [5, 5.41) is 3.66. The van der Waals surface area contributed by atoms with Crippen molar-refractivity contribution in [2.45, 2.75) is 23.3 Å². The highest BCUT2D eigenvalue weighted by molar-refractivity contribution is 7.99. The van der Waals surface area contributed by atoms with Gasteiger partial charge in [0.15, 0.2) is 0 Å². The second-order valence-corrected chi connectivity index (χ2v) is 6.58. The van der Waals surface area contributed by atoms with Crippen molar-refractivity contribution < 1.29 is 4.74 Å². The first kappa shape index (κ1) is 15.7. The van der Waals surface area contributed by atoms with Gasteiger partial charge < -0.3 is 10.1 Å². The Labute approximate surface area is 147 Å². The van der Waals surface area contributed by atoms with Gasteiger partial charge in [0.05, 0.1) is 12.3 Å². The molecule has 0 aliphatic carbocycles. The number of H-pyrrole nitrogens is 1. The van der Waals surface area contributed by atoms with Crippen LogP contribution in [0.15, 0.2) is 74.1 Å². The van der Waals surface area contributed by atoms with E-state index in [1.54, 1.807) is 0 Å². The summed E-state index contributed by atoms with van der Waals surface area (Å²) in [6.45, 7) is 0.444. The summed E-state index contributed by atoms with van der Waals surface area (Å²) in [4.78, 5) is 27.7. The van der Waals surface area contributed by atoms with Gasteiger partial charge in [0.1, 0.15) is 17.4 Å². The van der Waals surface area contributed by atoms with Crippen molar-refractivity contribution in [3.8, 4) is 0 Å². The van der Waals surface area contributed by atoms with E-state index in [-0.39, 0.29) is 6.73 Å². The number of nitrogens with one attached hydrogen (secondary N) is 2. The number of hydrogen-bond donors (Lipinski definition) is 2. The Morgan fingerprint density at radius 3 is 2.60 bits per heavy atom. The second-order valence-electron chi connectivity index (χ2n) is 5.55. The van der Waals surface area contributed by atoms with E-state index in [1.807, 2.05) is 54.6 Å². The highest BCUT2D eigenvalue weighted by atomic mass is 32.2. The molecule has 1 aromatic heterocycles. The van der Waals surface area contributed by atoms with Crippen molar-refractivity contribution in [3.05, 3.63) is 81.0 Å². The van der Waals surface area contributed by atoms with Crippen LogP contribution in [0.1, 0.15) is 5.56 Å². The molecule has 25 heavy (non-hydrogen) atoms. The lowest BCUT2D eigenvalue weighted by molar-refractivity contribution is 0.0556. The van der Waals surface area contributed by atoms with Gasteiger partial charge in [0.25, 0.3) is 5.56 Å². The lowest BCUT2D eigenvalue weighted by Gasteiger charge is -2.22. The van der Waals surface area contributed by atoms with E-state index in [0.717, 1.165) is 16.1 Å². The van der Waals surface area contributed by atoms with Crippen molar-refractivity contribution >= 4 is 23.1 Å². The summed E-state index contributed by atoms with van der Waals surface area (Å²) in [6, 6.07) is 17.4. The normalized spacial score (nSPS) is 12.2. The molecule has 2 N–H and O–H groups in total. The molecule has 1 aliphatic rings. The van der Waals surface area contributed by atoms with Crippen molar-refractivity contribution in [3.63, 3.8) is 0 Å². The van der Waals surface area contributed by atoms with Gasteiger partial charge in [-0.2, -0.15) is 0 Å². The summed E-state index contributed by atoms with van der Waals surface area (Å²) in [5.41, 5.74) is 1.32. The van der Waals surface area contributed by atoms with Crippen molar-refractivity contribution in [2.24, 2.45) is 0 Å². The van der Waals surface area contributed by atoms with Crippen LogP contribution < -0.4 is 16.6 Å². The summed E-state index contributed by atoms with van der Waals surface area (Å²) >= 11 is 1.38. The van der Waals surface area contributed by atoms with Gasteiger partial charge in [-0.15, -0.1) is 0 Å². The molecule has 126 valence electrons. The Kier molecular flexibility index (Phi) is 4.17. The van der Waals surface area contributed by atoms with Gasteiger partial charge in [-0.3, -0.25) is 14.3 Å². The maximum absolute atomic E-state index is 12.3. The van der Waals surface area contributed by atoms with E-state index in [9.17, 15) is 9.59 Å². The smallest absolute Gasteiger partial charge is 0.331 e. The topological polar surface area (TPSA) is 76.1 Å². The fourth-order valence-electron chi connectivity index (χ4n) is 2.61. The lowest BCUT2D eigenvalue weighted by Crippen LogP contribution is -2.34. The zero-order chi connectivity index (χ0) is 17.2. The monoisotopic (exact) mass is 353 g/mol. The summed E-state index contributed by atoms with van der Waals surface area (Å²) in [5.74, 6) is 0. The minimum Gasteiger partial charge on any atom is -0.356 e. The van der Waals surface area contributed by atoms with Gasteiger partial charge in [0.2, 0.25) is 0 Å². The van der Waals surface area contributed by atoms with Gasteiger partial charge in [-0.1, -0.05) is 54.2 Å². The number of rotatable bonds is 4. The van der Waals surface area contributed by atoms with Crippen LogP contribution in [-0.4, -0.2) is 9.55 Å². The number of benzene rings is 2. The highest BCUT2D eigenvalue weighted by Gasteiger charge is 2.22. The van der Waals surface area contributed by atoms with Crippen molar-refractivity contribution in [1.82, 2.24) is 9.55 Å². The standard InChI is InChI=1S/C18H15N3O3S/c22-16-15-17(25-14-9-5-4-8-13(14)19-15)21(18(23)20-16)11-24-10-12-6-2-1-3-7-12/h1-9,19H,10-11H2,(H,20,22,23). The highest BCUT2D eigenvalue weighted by Crippen LogP contribution is 2.41. The van der Waals surface area contributed by atoms with Gasteiger partial charge >= 0.3 is 5.69 Å². The average molecular weight is 353 g/mol. The number of aromatic amines is 1. The zero-order valence-electron chi connectivity index (χ0n) is 13.2. The van der Waals surface area contributed by atoms with Crippen LogP contribution in [0.2, 0.25) is 0 Å². The van der Waals surface area contributed by atoms with E-state index >= 15 is 0 Å². The molecule has 0 fully saturated rings. The third-order valence-electron chi connectivity index (χ3n) is 3.84. The number of ether oxygens (including phenoxy) is 1. The molecule has 0 bridgehead atoms. The molecule has 0 radical (unpaired) electrons. The van der Waals surface area contributed by atoms with Crippen LogP contribution in [-0.2, 0) is 18.1 Å². The minimum absolute atomic E-state index is 0.0592. The third kappa shape index (κ3) is 3.11.